The summed E-state index contributed by atoms with van der Waals surface area (Å²) in [5.41, 5.74) is 3.58. The van der Waals surface area contributed by atoms with Gasteiger partial charge in [0, 0.05) is 37.1 Å². The topological polar surface area (TPSA) is 65.9 Å². The molecule has 1 saturated heterocycles. The maximum absolute atomic E-state index is 10.8. The van der Waals surface area contributed by atoms with Crippen molar-refractivity contribution in [2.45, 2.75) is 26.0 Å². The largest absolute Gasteiger partial charge is 0.480 e. The molecule has 1 aliphatic rings. The van der Waals surface area contributed by atoms with E-state index in [-0.39, 0.29) is 12.6 Å². The number of carbonyl (C=O) groups is 1. The van der Waals surface area contributed by atoms with Crippen LogP contribution in [-0.2, 0) is 22.5 Å². The molecule has 2 heterocycles. The van der Waals surface area contributed by atoms with Gasteiger partial charge in [-0.25, -0.2) is 4.98 Å². The van der Waals surface area contributed by atoms with Crippen molar-refractivity contribution in [1.29, 1.82) is 0 Å². The SMILES string of the molecule is CCc1ccc(-c2nc(CN3CCOC(CN(C)CC(=O)O)C3)cs2)cc1. The molecule has 0 aliphatic carbocycles. The van der Waals surface area contributed by atoms with Gasteiger partial charge >= 0.3 is 5.97 Å². The van der Waals surface area contributed by atoms with Crippen LogP contribution in [0.4, 0.5) is 0 Å². The first kappa shape index (κ1) is 19.9. The quantitative estimate of drug-likeness (QED) is 0.749. The summed E-state index contributed by atoms with van der Waals surface area (Å²) in [6.45, 7) is 5.94. The van der Waals surface area contributed by atoms with Gasteiger partial charge in [0.05, 0.1) is 24.9 Å². The van der Waals surface area contributed by atoms with Crippen LogP contribution in [0.2, 0.25) is 0 Å². The number of likely N-dealkylation sites (N-methyl/N-ethyl adjacent to an activating group) is 1. The lowest BCUT2D eigenvalue weighted by Gasteiger charge is -2.34. The fraction of sp³-hybridized carbons (Fsp3) is 0.500. The van der Waals surface area contributed by atoms with E-state index >= 15 is 0 Å². The molecular formula is C20H27N3O3S. The maximum Gasteiger partial charge on any atom is 0.317 e. The van der Waals surface area contributed by atoms with Crippen LogP contribution >= 0.6 is 11.3 Å². The Morgan fingerprint density at radius 1 is 1.41 bits per heavy atom. The molecule has 0 amide bonds. The second kappa shape index (κ2) is 9.41. The highest BCUT2D eigenvalue weighted by Gasteiger charge is 2.23. The van der Waals surface area contributed by atoms with Crippen molar-refractivity contribution in [3.8, 4) is 10.6 Å². The Morgan fingerprint density at radius 2 is 2.19 bits per heavy atom. The number of thiazole rings is 1. The zero-order valence-corrected chi connectivity index (χ0v) is 16.7. The summed E-state index contributed by atoms with van der Waals surface area (Å²) in [5.74, 6) is -0.813. The van der Waals surface area contributed by atoms with E-state index in [0.29, 0.717) is 13.2 Å². The second-order valence-electron chi connectivity index (χ2n) is 7.01. The van der Waals surface area contributed by atoms with Gasteiger partial charge in [-0.05, 0) is 19.0 Å². The Morgan fingerprint density at radius 3 is 2.89 bits per heavy atom. The molecule has 0 saturated carbocycles. The maximum atomic E-state index is 10.8. The van der Waals surface area contributed by atoms with E-state index in [9.17, 15) is 4.79 Å². The minimum absolute atomic E-state index is 0.0304. The van der Waals surface area contributed by atoms with Crippen molar-refractivity contribution < 1.29 is 14.6 Å². The Bertz CT molecular complexity index is 747. The zero-order valence-electron chi connectivity index (χ0n) is 15.9. The molecule has 3 rings (SSSR count). The number of hydrogen-bond donors (Lipinski definition) is 1. The van der Waals surface area contributed by atoms with E-state index in [1.807, 2.05) is 7.05 Å². The first-order chi connectivity index (χ1) is 13.0. The summed E-state index contributed by atoms with van der Waals surface area (Å²) in [7, 11) is 1.81. The van der Waals surface area contributed by atoms with Crippen LogP contribution in [0.5, 0.6) is 0 Å². The number of nitrogens with zero attached hydrogens (tertiary/aromatic N) is 3. The highest BCUT2D eigenvalue weighted by Crippen LogP contribution is 2.25. The molecule has 1 unspecified atom stereocenters. The number of benzene rings is 1. The standard InChI is InChI=1S/C20H27N3O3S/c1-3-15-4-6-16(7-5-15)20-21-17(14-27-20)10-23-8-9-26-18(12-23)11-22(2)13-19(24)25/h4-7,14,18H,3,8-13H2,1-2H3,(H,24,25). The smallest absolute Gasteiger partial charge is 0.317 e. The van der Waals surface area contributed by atoms with Gasteiger partial charge in [0.2, 0.25) is 0 Å². The summed E-state index contributed by atoms with van der Waals surface area (Å²) in [4.78, 5) is 19.7. The normalized spacial score (nSPS) is 18.1. The van der Waals surface area contributed by atoms with Crippen LogP contribution in [0.25, 0.3) is 10.6 Å². The predicted molar refractivity (Wildman–Crippen MR) is 107 cm³/mol. The van der Waals surface area contributed by atoms with Gasteiger partial charge in [-0.15, -0.1) is 11.3 Å². The van der Waals surface area contributed by atoms with Gasteiger partial charge < -0.3 is 9.84 Å². The minimum atomic E-state index is -0.813. The number of ether oxygens (including phenoxy) is 1. The Balaban J connectivity index is 1.55. The fourth-order valence-corrected chi connectivity index (χ4v) is 4.12. The van der Waals surface area contributed by atoms with Crippen molar-refractivity contribution in [3.05, 3.63) is 40.9 Å². The van der Waals surface area contributed by atoms with Crippen molar-refractivity contribution in [3.63, 3.8) is 0 Å². The second-order valence-corrected chi connectivity index (χ2v) is 7.87. The van der Waals surface area contributed by atoms with E-state index in [1.165, 1.54) is 11.1 Å². The monoisotopic (exact) mass is 389 g/mol. The molecule has 0 bridgehead atoms. The minimum Gasteiger partial charge on any atom is -0.480 e. The molecular weight excluding hydrogens is 362 g/mol. The lowest BCUT2D eigenvalue weighted by atomic mass is 10.1. The highest BCUT2D eigenvalue weighted by molar-refractivity contribution is 7.13. The van der Waals surface area contributed by atoms with E-state index in [2.05, 4.69) is 41.5 Å². The molecule has 2 aromatic rings. The first-order valence-electron chi connectivity index (χ1n) is 9.31. The number of hydrogen-bond acceptors (Lipinski definition) is 6. The Hall–Kier alpha value is -1.80. The molecule has 1 aromatic carbocycles. The van der Waals surface area contributed by atoms with Crippen LogP contribution in [0.15, 0.2) is 29.6 Å². The lowest BCUT2D eigenvalue weighted by molar-refractivity contribution is -0.138. The number of aromatic nitrogens is 1. The van der Waals surface area contributed by atoms with Crippen molar-refractivity contribution in [1.82, 2.24) is 14.8 Å². The van der Waals surface area contributed by atoms with Gasteiger partial charge in [0.15, 0.2) is 0 Å². The third kappa shape index (κ3) is 5.84. The van der Waals surface area contributed by atoms with Crippen LogP contribution in [-0.4, -0.2) is 71.8 Å². The van der Waals surface area contributed by atoms with Gasteiger partial charge in [-0.3, -0.25) is 14.6 Å². The lowest BCUT2D eigenvalue weighted by Crippen LogP contribution is -2.47. The summed E-state index contributed by atoms with van der Waals surface area (Å²) >= 11 is 1.68. The zero-order chi connectivity index (χ0) is 19.2. The Labute approximate surface area is 164 Å². The predicted octanol–water partition coefficient (Wildman–Crippen LogP) is 2.59. The van der Waals surface area contributed by atoms with Crippen molar-refractivity contribution in [2.75, 3.05) is 39.8 Å². The van der Waals surface area contributed by atoms with E-state index < -0.39 is 5.97 Å². The number of aryl methyl sites for hydroxylation is 1. The van der Waals surface area contributed by atoms with E-state index in [0.717, 1.165) is 36.8 Å². The molecule has 27 heavy (non-hydrogen) atoms. The summed E-state index contributed by atoms with van der Waals surface area (Å²) < 4.78 is 5.80. The third-order valence-electron chi connectivity index (χ3n) is 4.69. The van der Waals surface area contributed by atoms with Crippen LogP contribution in [0, 0.1) is 0 Å². The summed E-state index contributed by atoms with van der Waals surface area (Å²) in [6, 6.07) is 8.61. The molecule has 7 heteroatoms. The molecule has 6 nitrogen and oxygen atoms in total. The van der Waals surface area contributed by atoms with E-state index in [1.54, 1.807) is 16.2 Å². The van der Waals surface area contributed by atoms with E-state index in [4.69, 9.17) is 14.8 Å². The summed E-state index contributed by atoms with van der Waals surface area (Å²) in [6.07, 6.45) is 1.08. The average Bonchev–Trinajstić information content (AvgIpc) is 3.10. The number of carboxylic acid groups (broad SMARTS) is 1. The third-order valence-corrected chi connectivity index (χ3v) is 5.63. The molecule has 1 atom stereocenters. The van der Waals surface area contributed by atoms with Crippen LogP contribution in [0.3, 0.4) is 0 Å². The van der Waals surface area contributed by atoms with Gasteiger partial charge in [0.1, 0.15) is 5.01 Å². The average molecular weight is 390 g/mol. The van der Waals surface area contributed by atoms with Gasteiger partial charge in [-0.2, -0.15) is 0 Å². The van der Waals surface area contributed by atoms with Crippen molar-refractivity contribution >= 4 is 17.3 Å². The molecule has 1 N–H and O–H groups in total. The highest BCUT2D eigenvalue weighted by atomic mass is 32.1. The molecule has 1 aromatic heterocycles. The van der Waals surface area contributed by atoms with Gasteiger partial charge in [0.25, 0.3) is 0 Å². The molecule has 0 spiro atoms. The fourth-order valence-electron chi connectivity index (χ4n) is 3.30. The molecule has 0 radical (unpaired) electrons. The number of carboxylic acids is 1. The number of aliphatic carboxylic acids is 1. The number of rotatable bonds is 8. The molecule has 1 fully saturated rings. The van der Waals surface area contributed by atoms with Crippen molar-refractivity contribution in [2.24, 2.45) is 0 Å². The Kier molecular flexibility index (Phi) is 6.95. The van der Waals surface area contributed by atoms with Crippen LogP contribution < -0.4 is 0 Å². The number of morpholine rings is 1. The van der Waals surface area contributed by atoms with Crippen LogP contribution in [0.1, 0.15) is 18.2 Å². The molecule has 1 aliphatic heterocycles. The van der Waals surface area contributed by atoms with Gasteiger partial charge in [-0.1, -0.05) is 31.2 Å². The molecule has 146 valence electrons. The first-order valence-corrected chi connectivity index (χ1v) is 10.2. The summed E-state index contributed by atoms with van der Waals surface area (Å²) in [5, 5.41) is 12.1.